The van der Waals surface area contributed by atoms with Gasteiger partial charge in [-0.25, -0.2) is 5.43 Å². The molecule has 1 heterocycles. The van der Waals surface area contributed by atoms with Crippen molar-refractivity contribution in [2.45, 2.75) is 26.7 Å². The van der Waals surface area contributed by atoms with Crippen LogP contribution in [0.1, 0.15) is 26.7 Å². The van der Waals surface area contributed by atoms with Gasteiger partial charge >= 0.3 is 5.97 Å². The highest BCUT2D eigenvalue weighted by Crippen LogP contribution is 2.26. The Balaban J connectivity index is 1.94. The largest absolute Gasteiger partial charge is 0.427 e. The molecule has 1 aliphatic heterocycles. The van der Waals surface area contributed by atoms with Crippen LogP contribution in [0.4, 0.5) is 0 Å². The number of carbonyl (C=O) groups excluding carboxylic acids is 1. The van der Waals surface area contributed by atoms with Gasteiger partial charge in [-0.05, 0) is 18.9 Å². The Hall–Kier alpha value is -1.29. The summed E-state index contributed by atoms with van der Waals surface area (Å²) in [5.74, 6) is 0.933. The topological polar surface area (TPSA) is 50.4 Å². The molecule has 0 bridgehead atoms. The predicted octanol–water partition coefficient (Wildman–Crippen LogP) is 1.47. The summed E-state index contributed by atoms with van der Waals surface area (Å²) in [4.78, 5) is 11.8. The van der Waals surface area contributed by atoms with E-state index in [-0.39, 0.29) is 11.9 Å². The standard InChI is InChI=1S/C12H18N2O2/c1-3-8(4-2)12(15)16-10-5-9-7-13-14-11(9)6-10/h5-6,8-9,13-14H,3-4,7H2,1-2H3. The number of rotatable bonds is 4. The first kappa shape index (κ1) is 11.2. The number of esters is 1. The van der Waals surface area contributed by atoms with E-state index < -0.39 is 0 Å². The average molecular weight is 222 g/mol. The molecule has 0 aromatic heterocycles. The molecule has 4 nitrogen and oxygen atoms in total. The van der Waals surface area contributed by atoms with Crippen molar-refractivity contribution >= 4 is 5.97 Å². The number of hydrogen-bond acceptors (Lipinski definition) is 4. The maximum absolute atomic E-state index is 11.8. The lowest BCUT2D eigenvalue weighted by atomic mass is 10.0. The number of carbonyl (C=O) groups is 1. The number of nitrogens with one attached hydrogen (secondary N) is 2. The van der Waals surface area contributed by atoms with Crippen LogP contribution in [0.15, 0.2) is 23.6 Å². The fourth-order valence-electron chi connectivity index (χ4n) is 2.04. The van der Waals surface area contributed by atoms with Crippen molar-refractivity contribution < 1.29 is 9.53 Å². The molecule has 1 atom stereocenters. The van der Waals surface area contributed by atoms with Crippen molar-refractivity contribution in [1.82, 2.24) is 10.9 Å². The summed E-state index contributed by atoms with van der Waals surface area (Å²) in [6, 6.07) is 0. The van der Waals surface area contributed by atoms with Gasteiger partial charge in [0.1, 0.15) is 5.76 Å². The van der Waals surface area contributed by atoms with E-state index in [4.69, 9.17) is 4.74 Å². The molecule has 0 amide bonds. The summed E-state index contributed by atoms with van der Waals surface area (Å²) in [6.45, 7) is 4.88. The molecule has 0 aromatic rings. The van der Waals surface area contributed by atoms with E-state index in [2.05, 4.69) is 10.9 Å². The Morgan fingerprint density at radius 2 is 2.31 bits per heavy atom. The molecule has 4 heteroatoms. The molecule has 88 valence electrons. The van der Waals surface area contributed by atoms with Gasteiger partial charge in [0.2, 0.25) is 0 Å². The predicted molar refractivity (Wildman–Crippen MR) is 61.0 cm³/mol. The van der Waals surface area contributed by atoms with Gasteiger partial charge in [0, 0.05) is 24.2 Å². The van der Waals surface area contributed by atoms with Gasteiger partial charge in [-0.15, -0.1) is 0 Å². The fraction of sp³-hybridized carbons (Fsp3) is 0.583. The lowest BCUT2D eigenvalue weighted by Crippen LogP contribution is -2.21. The molecule has 2 N–H and O–H groups in total. The summed E-state index contributed by atoms with van der Waals surface area (Å²) in [6.07, 6.45) is 5.55. The minimum atomic E-state index is -0.110. The van der Waals surface area contributed by atoms with Gasteiger partial charge in [-0.2, -0.15) is 0 Å². The summed E-state index contributed by atoms with van der Waals surface area (Å²) < 4.78 is 5.37. The van der Waals surface area contributed by atoms with Crippen LogP contribution in [-0.4, -0.2) is 12.5 Å². The summed E-state index contributed by atoms with van der Waals surface area (Å²) in [5, 5.41) is 0. The van der Waals surface area contributed by atoms with Gasteiger partial charge in [-0.1, -0.05) is 13.8 Å². The number of hydrogen-bond donors (Lipinski definition) is 2. The second kappa shape index (κ2) is 4.70. The van der Waals surface area contributed by atoms with Crippen LogP contribution in [-0.2, 0) is 9.53 Å². The molecule has 0 radical (unpaired) electrons. The second-order valence-corrected chi connectivity index (χ2v) is 4.22. The SMILES string of the molecule is CCC(CC)C(=O)OC1=CC2CNNC2=C1. The quantitative estimate of drug-likeness (QED) is 0.707. The second-order valence-electron chi connectivity index (χ2n) is 4.22. The molecule has 2 rings (SSSR count). The maximum Gasteiger partial charge on any atom is 0.314 e. The van der Waals surface area contributed by atoms with Crippen molar-refractivity contribution in [2.75, 3.05) is 6.54 Å². The highest BCUT2D eigenvalue weighted by atomic mass is 16.5. The van der Waals surface area contributed by atoms with Crippen molar-refractivity contribution in [2.24, 2.45) is 11.8 Å². The summed E-state index contributed by atoms with van der Waals surface area (Å²) >= 11 is 0. The van der Waals surface area contributed by atoms with Gasteiger partial charge in [0.15, 0.2) is 0 Å². The van der Waals surface area contributed by atoms with Crippen LogP contribution in [0.5, 0.6) is 0 Å². The first-order chi connectivity index (χ1) is 7.74. The Kier molecular flexibility index (Phi) is 3.29. The zero-order valence-corrected chi connectivity index (χ0v) is 9.75. The third kappa shape index (κ3) is 2.11. The molecule has 1 fully saturated rings. The normalized spacial score (nSPS) is 22.6. The van der Waals surface area contributed by atoms with E-state index in [9.17, 15) is 4.79 Å². The third-order valence-corrected chi connectivity index (χ3v) is 3.15. The zero-order chi connectivity index (χ0) is 11.5. The third-order valence-electron chi connectivity index (χ3n) is 3.15. The van der Waals surface area contributed by atoms with E-state index in [0.717, 1.165) is 25.1 Å². The van der Waals surface area contributed by atoms with Crippen molar-refractivity contribution in [1.29, 1.82) is 0 Å². The Bertz CT molecular complexity index is 343. The zero-order valence-electron chi connectivity index (χ0n) is 9.75. The first-order valence-corrected chi connectivity index (χ1v) is 5.88. The van der Waals surface area contributed by atoms with Crippen LogP contribution in [0.2, 0.25) is 0 Å². The molecule has 1 aliphatic carbocycles. The summed E-state index contributed by atoms with van der Waals surface area (Å²) in [5.41, 5.74) is 7.18. The van der Waals surface area contributed by atoms with Crippen LogP contribution in [0, 0.1) is 11.8 Å². The van der Waals surface area contributed by atoms with E-state index in [1.54, 1.807) is 0 Å². The highest BCUT2D eigenvalue weighted by molar-refractivity contribution is 5.74. The smallest absolute Gasteiger partial charge is 0.314 e. The first-order valence-electron chi connectivity index (χ1n) is 5.88. The molecule has 1 saturated heterocycles. The lowest BCUT2D eigenvalue weighted by molar-refractivity contribution is -0.143. The molecule has 2 aliphatic rings. The van der Waals surface area contributed by atoms with Crippen LogP contribution >= 0.6 is 0 Å². The Labute approximate surface area is 95.7 Å². The number of ether oxygens (including phenoxy) is 1. The van der Waals surface area contributed by atoms with E-state index in [1.165, 1.54) is 0 Å². The number of fused-ring (bicyclic) bond motifs is 1. The minimum absolute atomic E-state index is 0.0193. The molecule has 0 saturated carbocycles. The van der Waals surface area contributed by atoms with Gasteiger partial charge in [0.25, 0.3) is 0 Å². The fourth-order valence-corrected chi connectivity index (χ4v) is 2.04. The van der Waals surface area contributed by atoms with Crippen molar-refractivity contribution in [3.05, 3.63) is 23.6 Å². The molecular weight excluding hydrogens is 204 g/mol. The molecule has 16 heavy (non-hydrogen) atoms. The molecule has 1 unspecified atom stereocenters. The summed E-state index contributed by atoms with van der Waals surface area (Å²) in [7, 11) is 0. The van der Waals surface area contributed by atoms with Crippen LogP contribution in [0.25, 0.3) is 0 Å². The van der Waals surface area contributed by atoms with E-state index in [1.807, 2.05) is 26.0 Å². The monoisotopic (exact) mass is 222 g/mol. The van der Waals surface area contributed by atoms with Gasteiger partial charge < -0.3 is 10.2 Å². The minimum Gasteiger partial charge on any atom is -0.427 e. The Morgan fingerprint density at radius 1 is 1.56 bits per heavy atom. The number of hydrazine groups is 1. The average Bonchev–Trinajstić information content (AvgIpc) is 2.79. The highest BCUT2D eigenvalue weighted by Gasteiger charge is 2.26. The van der Waals surface area contributed by atoms with Crippen molar-refractivity contribution in [3.8, 4) is 0 Å². The Morgan fingerprint density at radius 3 is 2.94 bits per heavy atom. The van der Waals surface area contributed by atoms with E-state index in [0.29, 0.717) is 11.7 Å². The van der Waals surface area contributed by atoms with Gasteiger partial charge in [-0.3, -0.25) is 4.79 Å². The maximum atomic E-state index is 11.8. The molecular formula is C12H18N2O2. The van der Waals surface area contributed by atoms with Gasteiger partial charge in [0.05, 0.1) is 5.92 Å². The molecule has 0 spiro atoms. The lowest BCUT2D eigenvalue weighted by Gasteiger charge is -2.11. The van der Waals surface area contributed by atoms with Crippen LogP contribution < -0.4 is 10.9 Å². The van der Waals surface area contributed by atoms with E-state index >= 15 is 0 Å². The number of allylic oxidation sites excluding steroid dienone is 1. The van der Waals surface area contributed by atoms with Crippen LogP contribution in [0.3, 0.4) is 0 Å². The molecule has 0 aromatic carbocycles. The van der Waals surface area contributed by atoms with Crippen molar-refractivity contribution in [3.63, 3.8) is 0 Å².